The Morgan fingerprint density at radius 2 is 1.68 bits per heavy atom. The van der Waals surface area contributed by atoms with Crippen LogP contribution in [0.25, 0.3) is 5.69 Å². The lowest BCUT2D eigenvalue weighted by molar-refractivity contribution is -0.385. The van der Waals surface area contributed by atoms with Crippen LogP contribution in [0.3, 0.4) is 0 Å². The number of hydrogen-bond donors (Lipinski definition) is 1. The van der Waals surface area contributed by atoms with Gasteiger partial charge in [-0.1, -0.05) is 23.8 Å². The number of nitrogens with zero attached hydrogens (tertiary/aromatic N) is 3. The molecule has 0 atom stereocenters. The number of rotatable bonds is 5. The Labute approximate surface area is 163 Å². The van der Waals surface area contributed by atoms with Crippen LogP contribution >= 0.6 is 0 Å². The molecule has 0 radical (unpaired) electrons. The molecule has 0 spiro atoms. The van der Waals surface area contributed by atoms with Crippen LogP contribution < -0.4 is 4.72 Å². The molecule has 0 unspecified atom stereocenters. The number of non-ortho nitro benzene ring substituents is 1. The van der Waals surface area contributed by atoms with E-state index < -0.39 is 14.9 Å². The number of nitro benzene ring substituents is 1. The number of anilines is 1. The van der Waals surface area contributed by atoms with Gasteiger partial charge in [0.05, 0.1) is 32.6 Å². The van der Waals surface area contributed by atoms with Crippen molar-refractivity contribution >= 4 is 21.4 Å². The third-order valence-electron chi connectivity index (χ3n) is 4.48. The standard InChI is InChI=1S/C19H20N4O4S/c1-12-5-8-16(9-6-12)22-15(4)19(14(3)20-22)21-28(26,27)18-11-17(23(24)25)10-7-13(18)2/h5-11,21H,1-4H3. The van der Waals surface area contributed by atoms with Crippen molar-refractivity contribution < 1.29 is 13.3 Å². The van der Waals surface area contributed by atoms with E-state index in [1.807, 2.05) is 31.2 Å². The van der Waals surface area contributed by atoms with E-state index in [0.717, 1.165) is 17.3 Å². The summed E-state index contributed by atoms with van der Waals surface area (Å²) in [6.07, 6.45) is 0. The van der Waals surface area contributed by atoms with Crippen LogP contribution in [0.15, 0.2) is 47.4 Å². The number of hydrogen-bond acceptors (Lipinski definition) is 5. The summed E-state index contributed by atoms with van der Waals surface area (Å²) in [7, 11) is -4.03. The van der Waals surface area contributed by atoms with Crippen molar-refractivity contribution in [3.8, 4) is 5.69 Å². The maximum atomic E-state index is 12.9. The van der Waals surface area contributed by atoms with E-state index in [0.29, 0.717) is 22.6 Å². The predicted octanol–water partition coefficient (Wildman–Crippen LogP) is 3.81. The van der Waals surface area contributed by atoms with Crippen molar-refractivity contribution in [1.82, 2.24) is 9.78 Å². The predicted molar refractivity (Wildman–Crippen MR) is 106 cm³/mol. The zero-order chi connectivity index (χ0) is 20.6. The lowest BCUT2D eigenvalue weighted by Gasteiger charge is -2.11. The van der Waals surface area contributed by atoms with Gasteiger partial charge in [-0.15, -0.1) is 0 Å². The van der Waals surface area contributed by atoms with Crippen molar-refractivity contribution in [3.63, 3.8) is 0 Å². The van der Waals surface area contributed by atoms with E-state index in [-0.39, 0.29) is 10.6 Å². The number of aryl methyl sites for hydroxylation is 3. The fraction of sp³-hybridized carbons (Fsp3) is 0.211. The smallest absolute Gasteiger partial charge is 0.270 e. The van der Waals surface area contributed by atoms with Crippen molar-refractivity contribution in [2.45, 2.75) is 32.6 Å². The van der Waals surface area contributed by atoms with Crippen LogP contribution in [0.2, 0.25) is 0 Å². The molecule has 0 aliphatic rings. The van der Waals surface area contributed by atoms with Gasteiger partial charge in [0.15, 0.2) is 0 Å². The van der Waals surface area contributed by atoms with E-state index in [1.54, 1.807) is 25.5 Å². The summed E-state index contributed by atoms with van der Waals surface area (Å²) < 4.78 is 30.0. The highest BCUT2D eigenvalue weighted by Gasteiger charge is 2.24. The molecule has 1 aromatic heterocycles. The summed E-state index contributed by atoms with van der Waals surface area (Å²) in [5, 5.41) is 15.5. The number of aromatic nitrogens is 2. The minimum absolute atomic E-state index is 0.136. The molecule has 9 heteroatoms. The molecule has 0 aliphatic heterocycles. The van der Waals surface area contributed by atoms with Crippen molar-refractivity contribution in [3.05, 3.63) is 75.1 Å². The average molecular weight is 400 g/mol. The van der Waals surface area contributed by atoms with Gasteiger partial charge in [-0.3, -0.25) is 14.8 Å². The maximum Gasteiger partial charge on any atom is 0.270 e. The van der Waals surface area contributed by atoms with Gasteiger partial charge in [-0.25, -0.2) is 13.1 Å². The number of benzene rings is 2. The van der Waals surface area contributed by atoms with E-state index in [4.69, 9.17) is 0 Å². The zero-order valence-electron chi connectivity index (χ0n) is 15.9. The van der Waals surface area contributed by atoms with Crippen LogP contribution in [0.4, 0.5) is 11.4 Å². The first-order valence-corrected chi connectivity index (χ1v) is 9.99. The Morgan fingerprint density at radius 3 is 2.29 bits per heavy atom. The topological polar surface area (TPSA) is 107 Å². The Morgan fingerprint density at radius 1 is 1.04 bits per heavy atom. The van der Waals surface area contributed by atoms with Crippen molar-refractivity contribution in [2.75, 3.05) is 4.72 Å². The highest BCUT2D eigenvalue weighted by Crippen LogP contribution is 2.28. The Hall–Kier alpha value is -3.20. The van der Waals surface area contributed by atoms with Gasteiger partial charge in [0.25, 0.3) is 15.7 Å². The van der Waals surface area contributed by atoms with Gasteiger partial charge in [0.2, 0.25) is 0 Å². The third-order valence-corrected chi connectivity index (χ3v) is 5.97. The quantitative estimate of drug-likeness (QED) is 0.517. The second-order valence-corrected chi connectivity index (χ2v) is 8.26. The SMILES string of the molecule is Cc1ccc(-n2nc(C)c(NS(=O)(=O)c3cc([N+](=O)[O-])ccc3C)c2C)cc1. The number of nitrogens with one attached hydrogen (secondary N) is 1. The number of sulfonamides is 1. The molecule has 0 amide bonds. The Balaban J connectivity index is 2.03. The summed E-state index contributed by atoms with van der Waals surface area (Å²) >= 11 is 0. The lowest BCUT2D eigenvalue weighted by Crippen LogP contribution is -2.15. The van der Waals surface area contributed by atoms with Gasteiger partial charge >= 0.3 is 0 Å². The molecule has 28 heavy (non-hydrogen) atoms. The summed E-state index contributed by atoms with van der Waals surface area (Å²) in [4.78, 5) is 10.3. The summed E-state index contributed by atoms with van der Waals surface area (Å²) in [6.45, 7) is 7.04. The molecular weight excluding hydrogens is 380 g/mol. The molecule has 3 aromatic rings. The molecule has 146 valence electrons. The van der Waals surface area contributed by atoms with Gasteiger partial charge in [-0.05, 0) is 45.4 Å². The highest BCUT2D eigenvalue weighted by atomic mass is 32.2. The third kappa shape index (κ3) is 3.61. The first-order chi connectivity index (χ1) is 13.1. The lowest BCUT2D eigenvalue weighted by atomic mass is 10.2. The summed E-state index contributed by atoms with van der Waals surface area (Å²) in [5.74, 6) is 0. The molecule has 0 saturated carbocycles. The first kappa shape index (κ1) is 19.6. The molecule has 3 rings (SSSR count). The monoisotopic (exact) mass is 400 g/mol. The minimum Gasteiger partial charge on any atom is -0.276 e. The molecule has 1 heterocycles. The molecule has 1 N–H and O–H groups in total. The van der Waals surface area contributed by atoms with E-state index in [1.165, 1.54) is 12.1 Å². The molecule has 8 nitrogen and oxygen atoms in total. The second kappa shape index (κ2) is 7.08. The zero-order valence-corrected chi connectivity index (χ0v) is 16.7. The van der Waals surface area contributed by atoms with Gasteiger partial charge in [-0.2, -0.15) is 5.10 Å². The molecule has 0 bridgehead atoms. The van der Waals surface area contributed by atoms with E-state index >= 15 is 0 Å². The van der Waals surface area contributed by atoms with Crippen LogP contribution in [0, 0.1) is 37.8 Å². The summed E-state index contributed by atoms with van der Waals surface area (Å²) in [5.41, 5.74) is 3.52. The van der Waals surface area contributed by atoms with Gasteiger partial charge in [0.1, 0.15) is 0 Å². The largest absolute Gasteiger partial charge is 0.276 e. The van der Waals surface area contributed by atoms with Gasteiger partial charge in [0, 0.05) is 12.1 Å². The maximum absolute atomic E-state index is 12.9. The van der Waals surface area contributed by atoms with E-state index in [9.17, 15) is 18.5 Å². The van der Waals surface area contributed by atoms with Crippen LogP contribution in [-0.2, 0) is 10.0 Å². The van der Waals surface area contributed by atoms with Gasteiger partial charge < -0.3 is 0 Å². The Kier molecular flexibility index (Phi) is 4.95. The van der Waals surface area contributed by atoms with Crippen molar-refractivity contribution in [2.24, 2.45) is 0 Å². The fourth-order valence-corrected chi connectivity index (χ4v) is 4.35. The van der Waals surface area contributed by atoms with Crippen molar-refractivity contribution in [1.29, 1.82) is 0 Å². The number of nitro groups is 1. The molecule has 2 aromatic carbocycles. The molecule has 0 fully saturated rings. The summed E-state index contributed by atoms with van der Waals surface area (Å²) in [6, 6.07) is 11.5. The minimum atomic E-state index is -4.03. The van der Waals surface area contributed by atoms with Crippen LogP contribution in [-0.4, -0.2) is 23.1 Å². The average Bonchev–Trinajstić information content (AvgIpc) is 2.90. The van der Waals surface area contributed by atoms with E-state index in [2.05, 4.69) is 9.82 Å². The van der Waals surface area contributed by atoms with Crippen LogP contribution in [0.5, 0.6) is 0 Å². The molecule has 0 aliphatic carbocycles. The fourth-order valence-electron chi connectivity index (χ4n) is 2.91. The first-order valence-electron chi connectivity index (χ1n) is 8.51. The molecule has 0 saturated heterocycles. The highest BCUT2D eigenvalue weighted by molar-refractivity contribution is 7.92. The van der Waals surface area contributed by atoms with Crippen LogP contribution in [0.1, 0.15) is 22.5 Å². The second-order valence-electron chi connectivity index (χ2n) is 6.61. The molecular formula is C19H20N4O4S. The normalized spacial score (nSPS) is 11.4. The Bertz CT molecular complexity index is 1170.